The molecule has 2 nitrogen and oxygen atoms in total. The highest BCUT2D eigenvalue weighted by Gasteiger charge is 2.47. The highest BCUT2D eigenvalue weighted by molar-refractivity contribution is 5.84. The van der Waals surface area contributed by atoms with Gasteiger partial charge < -0.3 is 5.32 Å². The van der Waals surface area contributed by atoms with E-state index in [4.69, 9.17) is 0 Å². The Morgan fingerprint density at radius 3 is 2.64 bits per heavy atom. The Hall–Kier alpha value is -0.580. The molecule has 0 aromatic heterocycles. The lowest BCUT2D eigenvalue weighted by Crippen LogP contribution is -2.51. The summed E-state index contributed by atoms with van der Waals surface area (Å²) in [7, 11) is 0. The van der Waals surface area contributed by atoms with Crippen molar-refractivity contribution < 1.29 is 18.0 Å². The van der Waals surface area contributed by atoms with Gasteiger partial charge in [-0.3, -0.25) is 4.79 Å². The van der Waals surface area contributed by atoms with E-state index < -0.39 is 18.1 Å². The van der Waals surface area contributed by atoms with Gasteiger partial charge in [0.25, 0.3) is 0 Å². The number of Topliss-reactive ketones (excluding diaryl/α,β-unsaturated/α-hetero) is 1. The van der Waals surface area contributed by atoms with Gasteiger partial charge in [0, 0.05) is 6.42 Å². The number of alkyl halides is 3. The zero-order chi connectivity index (χ0) is 10.8. The first-order valence-electron chi connectivity index (χ1n) is 4.79. The summed E-state index contributed by atoms with van der Waals surface area (Å²) in [6.07, 6.45) is -3.56. The van der Waals surface area contributed by atoms with E-state index in [0.717, 1.165) is 0 Å². The minimum atomic E-state index is -4.26. The molecule has 1 rings (SSSR count). The zero-order valence-corrected chi connectivity index (χ0v) is 8.03. The van der Waals surface area contributed by atoms with Crippen LogP contribution in [0.25, 0.3) is 0 Å². The van der Waals surface area contributed by atoms with E-state index in [0.29, 0.717) is 13.0 Å². The van der Waals surface area contributed by atoms with Crippen molar-refractivity contribution in [3.05, 3.63) is 0 Å². The van der Waals surface area contributed by atoms with E-state index in [-0.39, 0.29) is 18.6 Å². The van der Waals surface area contributed by atoms with Crippen molar-refractivity contribution in [1.82, 2.24) is 5.32 Å². The molecule has 0 radical (unpaired) electrons. The maximum absolute atomic E-state index is 12.5. The van der Waals surface area contributed by atoms with Gasteiger partial charge in [-0.15, -0.1) is 0 Å². The van der Waals surface area contributed by atoms with Crippen LogP contribution < -0.4 is 5.32 Å². The van der Waals surface area contributed by atoms with Crippen molar-refractivity contribution in [3.8, 4) is 0 Å². The summed E-state index contributed by atoms with van der Waals surface area (Å²) >= 11 is 0. The molecule has 0 spiro atoms. The van der Waals surface area contributed by atoms with Crippen molar-refractivity contribution in [3.63, 3.8) is 0 Å². The van der Waals surface area contributed by atoms with E-state index in [1.54, 1.807) is 6.92 Å². The molecule has 82 valence electrons. The lowest BCUT2D eigenvalue weighted by molar-refractivity contribution is -0.190. The fourth-order valence-corrected chi connectivity index (χ4v) is 1.80. The average Bonchev–Trinajstić information content (AvgIpc) is 2.15. The predicted octanol–water partition coefficient (Wildman–Crippen LogP) is 1.90. The third-order valence-corrected chi connectivity index (χ3v) is 2.57. The van der Waals surface area contributed by atoms with Crippen LogP contribution >= 0.6 is 0 Å². The quantitative estimate of drug-likeness (QED) is 0.752. The van der Waals surface area contributed by atoms with Crippen LogP contribution in [0.1, 0.15) is 26.2 Å². The Labute approximate surface area is 80.9 Å². The van der Waals surface area contributed by atoms with Crippen LogP contribution in [0.3, 0.4) is 0 Å². The molecule has 1 heterocycles. The van der Waals surface area contributed by atoms with Crippen LogP contribution in [-0.4, -0.2) is 24.5 Å². The topological polar surface area (TPSA) is 29.1 Å². The first kappa shape index (κ1) is 11.5. The molecule has 0 aromatic carbocycles. The summed E-state index contributed by atoms with van der Waals surface area (Å²) in [6, 6.07) is -1.02. The first-order chi connectivity index (χ1) is 6.46. The number of hydrogen-bond acceptors (Lipinski definition) is 2. The van der Waals surface area contributed by atoms with Gasteiger partial charge in [-0.2, -0.15) is 13.2 Å². The fourth-order valence-electron chi connectivity index (χ4n) is 1.80. The number of hydrogen-bond donors (Lipinski definition) is 1. The Kier molecular flexibility index (Phi) is 3.53. The molecular weight excluding hydrogens is 195 g/mol. The smallest absolute Gasteiger partial charge is 0.307 e. The highest BCUT2D eigenvalue weighted by Crippen LogP contribution is 2.34. The summed E-state index contributed by atoms with van der Waals surface area (Å²) in [4.78, 5) is 11.3. The molecule has 0 saturated carbocycles. The molecule has 1 N–H and O–H groups in total. The maximum Gasteiger partial charge on any atom is 0.393 e. The molecule has 1 aliphatic rings. The molecule has 2 atom stereocenters. The molecule has 0 amide bonds. The zero-order valence-electron chi connectivity index (χ0n) is 8.03. The van der Waals surface area contributed by atoms with Gasteiger partial charge >= 0.3 is 6.18 Å². The maximum atomic E-state index is 12.5. The minimum Gasteiger partial charge on any atom is -0.307 e. The monoisotopic (exact) mass is 209 g/mol. The van der Waals surface area contributed by atoms with Gasteiger partial charge in [0.15, 0.2) is 0 Å². The van der Waals surface area contributed by atoms with E-state index in [2.05, 4.69) is 5.32 Å². The number of carbonyl (C=O) groups excluding carboxylic acids is 1. The van der Waals surface area contributed by atoms with Gasteiger partial charge in [-0.25, -0.2) is 0 Å². The van der Waals surface area contributed by atoms with E-state index in [1.165, 1.54) is 0 Å². The van der Waals surface area contributed by atoms with Crippen molar-refractivity contribution in [2.75, 3.05) is 6.54 Å². The Bertz CT molecular complexity index is 215. The number of ketones is 1. The number of rotatable bonds is 2. The van der Waals surface area contributed by atoms with Crippen LogP contribution in [0.15, 0.2) is 0 Å². The van der Waals surface area contributed by atoms with Crippen LogP contribution in [0.5, 0.6) is 0 Å². The van der Waals surface area contributed by atoms with Crippen LogP contribution in [-0.2, 0) is 4.79 Å². The number of carbonyl (C=O) groups is 1. The van der Waals surface area contributed by atoms with E-state index in [9.17, 15) is 18.0 Å². The fraction of sp³-hybridized carbons (Fsp3) is 0.889. The summed E-state index contributed by atoms with van der Waals surface area (Å²) in [5.41, 5.74) is 0. The number of piperidine rings is 1. The van der Waals surface area contributed by atoms with Gasteiger partial charge in [-0.05, 0) is 19.4 Å². The molecule has 0 aliphatic carbocycles. The summed E-state index contributed by atoms with van der Waals surface area (Å²) in [6.45, 7) is 2.09. The molecule has 1 aliphatic heterocycles. The standard InChI is InChI=1S/C9H14F3NO/c1-2-7(14)8-6(9(10,11)12)4-3-5-13-8/h6,8,13H,2-5H2,1H3. The summed E-state index contributed by atoms with van der Waals surface area (Å²) in [5.74, 6) is -1.84. The third-order valence-electron chi connectivity index (χ3n) is 2.57. The molecule has 5 heteroatoms. The number of nitrogens with one attached hydrogen (secondary N) is 1. The lowest BCUT2D eigenvalue weighted by atomic mass is 9.87. The predicted molar refractivity (Wildman–Crippen MR) is 45.9 cm³/mol. The van der Waals surface area contributed by atoms with Gasteiger partial charge in [0.2, 0.25) is 0 Å². The largest absolute Gasteiger partial charge is 0.393 e. The molecular formula is C9H14F3NO. The van der Waals surface area contributed by atoms with Gasteiger partial charge in [-0.1, -0.05) is 6.92 Å². The summed E-state index contributed by atoms with van der Waals surface area (Å²) in [5, 5.41) is 2.66. The molecule has 2 unspecified atom stereocenters. The van der Waals surface area contributed by atoms with Gasteiger partial charge in [0.1, 0.15) is 5.78 Å². The van der Waals surface area contributed by atoms with E-state index in [1.807, 2.05) is 0 Å². The van der Waals surface area contributed by atoms with Crippen molar-refractivity contribution in [2.45, 2.75) is 38.4 Å². The van der Waals surface area contributed by atoms with Crippen molar-refractivity contribution in [1.29, 1.82) is 0 Å². The second kappa shape index (κ2) is 4.29. The third kappa shape index (κ3) is 2.47. The Morgan fingerprint density at radius 2 is 2.14 bits per heavy atom. The van der Waals surface area contributed by atoms with Crippen molar-refractivity contribution in [2.24, 2.45) is 5.92 Å². The lowest BCUT2D eigenvalue weighted by Gasteiger charge is -2.32. The second-order valence-corrected chi connectivity index (χ2v) is 3.54. The molecule has 1 fully saturated rings. The number of halogens is 3. The van der Waals surface area contributed by atoms with Crippen LogP contribution in [0.2, 0.25) is 0 Å². The van der Waals surface area contributed by atoms with Crippen LogP contribution in [0, 0.1) is 5.92 Å². The Morgan fingerprint density at radius 1 is 1.50 bits per heavy atom. The SMILES string of the molecule is CCC(=O)C1NCCCC1C(F)(F)F. The Balaban J connectivity index is 2.74. The molecule has 14 heavy (non-hydrogen) atoms. The molecule has 1 saturated heterocycles. The normalized spacial score (nSPS) is 28.9. The second-order valence-electron chi connectivity index (χ2n) is 3.54. The first-order valence-corrected chi connectivity index (χ1v) is 4.79. The summed E-state index contributed by atoms with van der Waals surface area (Å²) < 4.78 is 37.5. The van der Waals surface area contributed by atoms with E-state index >= 15 is 0 Å². The molecule has 0 aromatic rings. The van der Waals surface area contributed by atoms with Crippen molar-refractivity contribution >= 4 is 5.78 Å². The average molecular weight is 209 g/mol. The van der Waals surface area contributed by atoms with Gasteiger partial charge in [0.05, 0.1) is 12.0 Å². The minimum absolute atomic E-state index is 0.0624. The van der Waals surface area contributed by atoms with Crippen LogP contribution in [0.4, 0.5) is 13.2 Å². The molecule has 0 bridgehead atoms. The highest BCUT2D eigenvalue weighted by atomic mass is 19.4.